The first-order valence-corrected chi connectivity index (χ1v) is 9.55. The van der Waals surface area contributed by atoms with Gasteiger partial charge in [0.05, 0.1) is 26.2 Å². The van der Waals surface area contributed by atoms with Crippen LogP contribution in [-0.4, -0.2) is 10.9 Å². The first kappa shape index (κ1) is 19.1. The van der Waals surface area contributed by atoms with Crippen molar-refractivity contribution in [1.82, 2.24) is 4.98 Å². The van der Waals surface area contributed by atoms with Crippen LogP contribution in [0.15, 0.2) is 59.0 Å². The van der Waals surface area contributed by atoms with Gasteiger partial charge in [-0.15, -0.1) is 0 Å². The average Bonchev–Trinajstić information content (AvgIpc) is 3.09. The van der Waals surface area contributed by atoms with Crippen LogP contribution in [0.4, 0.5) is 5.69 Å². The Morgan fingerprint density at radius 3 is 2.57 bits per heavy atom. The number of halogens is 4. The Balaban J connectivity index is 1.66. The van der Waals surface area contributed by atoms with E-state index in [0.29, 0.717) is 43.3 Å². The molecule has 4 nitrogen and oxygen atoms in total. The zero-order valence-electron chi connectivity index (χ0n) is 14.0. The molecule has 8 heteroatoms. The highest BCUT2D eigenvalue weighted by molar-refractivity contribution is 6.44. The van der Waals surface area contributed by atoms with Crippen molar-refractivity contribution in [2.75, 3.05) is 5.32 Å². The van der Waals surface area contributed by atoms with Gasteiger partial charge in [0.25, 0.3) is 5.91 Å². The fourth-order valence-electron chi connectivity index (χ4n) is 2.66. The molecule has 1 aromatic heterocycles. The van der Waals surface area contributed by atoms with Gasteiger partial charge in [0, 0.05) is 10.7 Å². The number of amides is 1. The summed E-state index contributed by atoms with van der Waals surface area (Å²) in [6.45, 7) is 0. The minimum absolute atomic E-state index is 0.196. The monoisotopic (exact) mass is 450 g/mol. The maximum absolute atomic E-state index is 12.5. The van der Waals surface area contributed by atoms with Gasteiger partial charge in [0.2, 0.25) is 5.89 Å². The number of hydrogen-bond acceptors (Lipinski definition) is 3. The molecule has 0 aliphatic heterocycles. The highest BCUT2D eigenvalue weighted by atomic mass is 35.5. The van der Waals surface area contributed by atoms with Gasteiger partial charge in [0.15, 0.2) is 5.58 Å². The smallest absolute Gasteiger partial charge is 0.257 e. The van der Waals surface area contributed by atoms with E-state index in [2.05, 4.69) is 10.3 Å². The maximum atomic E-state index is 12.5. The first-order chi connectivity index (χ1) is 13.4. The molecule has 0 radical (unpaired) electrons. The fourth-order valence-corrected chi connectivity index (χ4v) is 3.42. The molecule has 28 heavy (non-hydrogen) atoms. The van der Waals surface area contributed by atoms with Gasteiger partial charge in [0.1, 0.15) is 5.52 Å². The third kappa shape index (κ3) is 3.69. The summed E-state index contributed by atoms with van der Waals surface area (Å²) in [5, 5.41) is 4.28. The molecule has 4 aromatic rings. The zero-order chi connectivity index (χ0) is 19.8. The molecule has 0 atom stereocenters. The maximum Gasteiger partial charge on any atom is 0.257 e. The van der Waals surface area contributed by atoms with Crippen molar-refractivity contribution >= 4 is 69.1 Å². The summed E-state index contributed by atoms with van der Waals surface area (Å²) in [6.07, 6.45) is 0. The van der Waals surface area contributed by atoms with E-state index in [1.54, 1.807) is 54.6 Å². The summed E-state index contributed by atoms with van der Waals surface area (Å²) in [6, 6.07) is 15.0. The second kappa shape index (κ2) is 7.64. The summed E-state index contributed by atoms with van der Waals surface area (Å²) in [5.41, 5.74) is 2.50. The lowest BCUT2D eigenvalue weighted by atomic mass is 10.2. The van der Waals surface area contributed by atoms with Gasteiger partial charge in [-0.25, -0.2) is 4.98 Å². The quantitative estimate of drug-likeness (QED) is 0.354. The van der Waals surface area contributed by atoms with Crippen molar-refractivity contribution < 1.29 is 9.21 Å². The third-order valence-corrected chi connectivity index (χ3v) is 5.38. The number of benzene rings is 3. The predicted octanol–water partition coefficient (Wildman–Crippen LogP) is 7.36. The largest absolute Gasteiger partial charge is 0.436 e. The molecule has 0 aliphatic rings. The lowest BCUT2D eigenvalue weighted by Gasteiger charge is -2.07. The number of carbonyl (C=O) groups is 1. The van der Waals surface area contributed by atoms with E-state index in [4.69, 9.17) is 50.8 Å². The lowest BCUT2D eigenvalue weighted by Crippen LogP contribution is -2.12. The van der Waals surface area contributed by atoms with Crippen LogP contribution in [0.2, 0.25) is 20.1 Å². The Kier molecular flexibility index (Phi) is 5.21. The Bertz CT molecular complexity index is 1220. The second-order valence-corrected chi connectivity index (χ2v) is 7.51. The van der Waals surface area contributed by atoms with Gasteiger partial charge in [-0.3, -0.25) is 4.79 Å². The van der Waals surface area contributed by atoms with Crippen molar-refractivity contribution in [3.05, 3.63) is 80.3 Å². The Morgan fingerprint density at radius 2 is 1.75 bits per heavy atom. The van der Waals surface area contributed by atoms with Crippen LogP contribution in [0.25, 0.3) is 22.6 Å². The Labute approximate surface area is 180 Å². The standard InChI is InChI=1S/C20H10Cl4N2O2/c21-10-4-6-14(22)13(8-10)20-26-16-9-11(5-7-17(16)28-20)25-19(27)12-2-1-3-15(23)18(12)24/h1-9H,(H,25,27). The number of carbonyl (C=O) groups excluding carboxylic acids is 1. The molecule has 1 amide bonds. The van der Waals surface area contributed by atoms with E-state index in [-0.39, 0.29) is 16.5 Å². The number of aromatic nitrogens is 1. The molecule has 0 spiro atoms. The normalized spacial score (nSPS) is 11.0. The topological polar surface area (TPSA) is 55.1 Å². The SMILES string of the molecule is O=C(Nc1ccc2oc(-c3cc(Cl)ccc3Cl)nc2c1)c1cccc(Cl)c1Cl. The number of anilines is 1. The number of nitrogens with zero attached hydrogens (tertiary/aromatic N) is 1. The molecule has 4 rings (SSSR count). The van der Waals surface area contributed by atoms with Crippen molar-refractivity contribution in [3.8, 4) is 11.5 Å². The minimum atomic E-state index is -0.381. The van der Waals surface area contributed by atoms with Crippen LogP contribution >= 0.6 is 46.4 Å². The predicted molar refractivity (Wildman–Crippen MR) is 114 cm³/mol. The molecule has 0 saturated heterocycles. The van der Waals surface area contributed by atoms with E-state index in [1.807, 2.05) is 0 Å². The van der Waals surface area contributed by atoms with Gasteiger partial charge in [-0.1, -0.05) is 52.5 Å². The summed E-state index contributed by atoms with van der Waals surface area (Å²) in [5.74, 6) is -0.0442. The molecule has 0 bridgehead atoms. The fraction of sp³-hybridized carbons (Fsp3) is 0. The van der Waals surface area contributed by atoms with Gasteiger partial charge in [-0.2, -0.15) is 0 Å². The molecule has 1 N–H and O–H groups in total. The van der Waals surface area contributed by atoms with Gasteiger partial charge < -0.3 is 9.73 Å². The second-order valence-electron chi connectivity index (χ2n) is 5.88. The van der Waals surface area contributed by atoms with Crippen LogP contribution in [0, 0.1) is 0 Å². The number of oxazole rings is 1. The van der Waals surface area contributed by atoms with Crippen LogP contribution in [0.1, 0.15) is 10.4 Å². The summed E-state index contributed by atoms with van der Waals surface area (Å²) in [7, 11) is 0. The Morgan fingerprint density at radius 1 is 0.929 bits per heavy atom. The van der Waals surface area contributed by atoms with Crippen LogP contribution in [0.5, 0.6) is 0 Å². The Hall–Kier alpha value is -2.24. The van der Waals surface area contributed by atoms with E-state index < -0.39 is 0 Å². The molecule has 0 aliphatic carbocycles. The van der Waals surface area contributed by atoms with Gasteiger partial charge in [-0.05, 0) is 48.5 Å². The number of hydrogen-bond donors (Lipinski definition) is 1. The van der Waals surface area contributed by atoms with E-state index in [1.165, 1.54) is 0 Å². The number of nitrogens with one attached hydrogen (secondary N) is 1. The molecule has 3 aromatic carbocycles. The summed E-state index contributed by atoms with van der Waals surface area (Å²) >= 11 is 24.3. The molecular weight excluding hydrogens is 442 g/mol. The highest BCUT2D eigenvalue weighted by Crippen LogP contribution is 2.33. The molecule has 1 heterocycles. The molecule has 0 unspecified atom stereocenters. The molecule has 140 valence electrons. The molecular formula is C20H10Cl4N2O2. The first-order valence-electron chi connectivity index (χ1n) is 8.04. The molecule has 0 fully saturated rings. The van der Waals surface area contributed by atoms with E-state index in [0.717, 1.165) is 0 Å². The van der Waals surface area contributed by atoms with E-state index >= 15 is 0 Å². The van der Waals surface area contributed by atoms with Crippen LogP contribution in [-0.2, 0) is 0 Å². The van der Waals surface area contributed by atoms with Crippen molar-refractivity contribution in [2.24, 2.45) is 0 Å². The number of fused-ring (bicyclic) bond motifs is 1. The highest BCUT2D eigenvalue weighted by Gasteiger charge is 2.15. The number of rotatable bonds is 3. The summed E-state index contributed by atoms with van der Waals surface area (Å²) < 4.78 is 5.76. The lowest BCUT2D eigenvalue weighted by molar-refractivity contribution is 0.102. The molecule has 0 saturated carbocycles. The minimum Gasteiger partial charge on any atom is -0.436 e. The van der Waals surface area contributed by atoms with Crippen molar-refractivity contribution in [1.29, 1.82) is 0 Å². The van der Waals surface area contributed by atoms with Crippen LogP contribution < -0.4 is 5.32 Å². The summed E-state index contributed by atoms with van der Waals surface area (Å²) in [4.78, 5) is 17.0. The van der Waals surface area contributed by atoms with Crippen molar-refractivity contribution in [2.45, 2.75) is 0 Å². The van der Waals surface area contributed by atoms with Gasteiger partial charge >= 0.3 is 0 Å². The van der Waals surface area contributed by atoms with Crippen LogP contribution in [0.3, 0.4) is 0 Å². The average molecular weight is 452 g/mol. The zero-order valence-corrected chi connectivity index (χ0v) is 17.0. The van der Waals surface area contributed by atoms with Crippen molar-refractivity contribution in [3.63, 3.8) is 0 Å². The van der Waals surface area contributed by atoms with E-state index in [9.17, 15) is 4.79 Å². The third-order valence-electron chi connectivity index (χ3n) is 4.00.